The first-order valence-corrected chi connectivity index (χ1v) is 15.1. The Labute approximate surface area is 254 Å². The van der Waals surface area contributed by atoms with Crippen LogP contribution in [-0.2, 0) is 4.74 Å². The fourth-order valence-corrected chi connectivity index (χ4v) is 6.83. The van der Waals surface area contributed by atoms with Crippen LogP contribution < -0.4 is 0 Å². The quantitative estimate of drug-likeness (QED) is 0.200. The molecule has 6 aromatic rings. The van der Waals surface area contributed by atoms with Crippen LogP contribution in [0.2, 0.25) is 5.02 Å². The number of aromatic nitrogens is 4. The highest BCUT2D eigenvalue weighted by Gasteiger charge is 2.27. The van der Waals surface area contributed by atoms with Crippen LogP contribution >= 0.6 is 22.9 Å². The van der Waals surface area contributed by atoms with Crippen LogP contribution in [0.25, 0.3) is 54.1 Å². The number of pyridine rings is 1. The molecule has 0 radical (unpaired) electrons. The Morgan fingerprint density at radius 2 is 1.69 bits per heavy atom. The molecule has 0 saturated carbocycles. The van der Waals surface area contributed by atoms with Crippen molar-refractivity contribution in [1.29, 1.82) is 0 Å². The number of halogens is 1. The van der Waals surface area contributed by atoms with E-state index in [0.717, 1.165) is 76.5 Å². The lowest BCUT2D eigenvalue weighted by Gasteiger charge is -2.29. The van der Waals surface area contributed by atoms with E-state index in [4.69, 9.17) is 26.3 Å². The minimum absolute atomic E-state index is 0.136. The summed E-state index contributed by atoms with van der Waals surface area (Å²) in [5.41, 5.74) is 10.5. The number of fused-ring (bicyclic) bond motifs is 2. The van der Waals surface area contributed by atoms with E-state index in [9.17, 15) is 5.11 Å². The highest BCUT2D eigenvalue weighted by Crippen LogP contribution is 2.44. The molecule has 2 N–H and O–H groups in total. The minimum atomic E-state index is -0.499. The lowest BCUT2D eigenvalue weighted by atomic mass is 9.91. The summed E-state index contributed by atoms with van der Waals surface area (Å²) in [6.45, 7) is 12.0. The second kappa shape index (κ2) is 10.9. The fraction of sp³-hybridized carbons (Fsp3) is 0.265. The van der Waals surface area contributed by atoms with Gasteiger partial charge in [0.05, 0.1) is 39.8 Å². The molecule has 6 nitrogen and oxygen atoms in total. The summed E-state index contributed by atoms with van der Waals surface area (Å²) >= 11 is 7.92. The first-order chi connectivity index (χ1) is 20.0. The van der Waals surface area contributed by atoms with Crippen molar-refractivity contribution in [2.45, 2.75) is 53.2 Å². The molecule has 0 saturated heterocycles. The van der Waals surface area contributed by atoms with E-state index < -0.39 is 11.7 Å². The number of hydrogen-bond acceptors (Lipinski definition) is 6. The van der Waals surface area contributed by atoms with Gasteiger partial charge in [0.1, 0.15) is 11.1 Å². The average molecular weight is 597 g/mol. The summed E-state index contributed by atoms with van der Waals surface area (Å²) in [7, 11) is 0. The zero-order valence-electron chi connectivity index (χ0n) is 24.5. The molecule has 0 unspecified atom stereocenters. The van der Waals surface area contributed by atoms with E-state index in [1.54, 1.807) is 11.3 Å². The van der Waals surface area contributed by atoms with Crippen LogP contribution in [0, 0.1) is 20.8 Å². The van der Waals surface area contributed by atoms with Crippen LogP contribution in [0.3, 0.4) is 0 Å². The molecular formula is C34H33ClN4O2S. The van der Waals surface area contributed by atoms with Gasteiger partial charge in [-0.05, 0) is 106 Å². The molecule has 0 aliphatic heterocycles. The zero-order chi connectivity index (χ0) is 29.8. The fourth-order valence-electron chi connectivity index (χ4n) is 5.59. The molecule has 6 rings (SSSR count). The third-order valence-electron chi connectivity index (χ3n) is 7.29. The number of benzene rings is 3. The van der Waals surface area contributed by atoms with Gasteiger partial charge in [-0.1, -0.05) is 23.7 Å². The topological polar surface area (TPSA) is 83.9 Å². The third kappa shape index (κ3) is 5.45. The Morgan fingerprint density at radius 1 is 0.929 bits per heavy atom. The Hall–Kier alpha value is -3.62. The normalized spacial score (nSPS) is 12.9. The van der Waals surface area contributed by atoms with Gasteiger partial charge >= 0.3 is 0 Å². The Balaban J connectivity index is 1.55. The zero-order valence-corrected chi connectivity index (χ0v) is 26.1. The first kappa shape index (κ1) is 28.5. The summed E-state index contributed by atoms with van der Waals surface area (Å²) in [5.74, 6) is 0. The van der Waals surface area contributed by atoms with Crippen molar-refractivity contribution in [3.05, 3.63) is 88.2 Å². The van der Waals surface area contributed by atoms with Crippen molar-refractivity contribution >= 4 is 44.1 Å². The van der Waals surface area contributed by atoms with Gasteiger partial charge in [0.15, 0.2) is 0 Å². The summed E-state index contributed by atoms with van der Waals surface area (Å²) in [6.07, 6.45) is 1.35. The van der Waals surface area contributed by atoms with Crippen LogP contribution in [0.4, 0.5) is 0 Å². The molecule has 3 aromatic heterocycles. The highest BCUT2D eigenvalue weighted by molar-refractivity contribution is 7.22. The summed E-state index contributed by atoms with van der Waals surface area (Å²) in [6, 6.07) is 18.4. The summed E-state index contributed by atoms with van der Waals surface area (Å²) < 4.78 is 7.43. The Kier molecular flexibility index (Phi) is 7.39. The van der Waals surface area contributed by atoms with Gasteiger partial charge in [0.25, 0.3) is 0 Å². The number of hydrogen-bond donors (Lipinski definition) is 2. The molecule has 3 aromatic carbocycles. The summed E-state index contributed by atoms with van der Waals surface area (Å²) in [4.78, 5) is 10.0. The second-order valence-electron chi connectivity index (χ2n) is 11.8. The molecule has 0 aliphatic rings. The van der Waals surface area contributed by atoms with E-state index >= 15 is 0 Å². The Morgan fingerprint density at radius 3 is 2.40 bits per heavy atom. The number of thiazole rings is 1. The van der Waals surface area contributed by atoms with Gasteiger partial charge in [-0.2, -0.15) is 5.10 Å². The van der Waals surface area contributed by atoms with Crippen molar-refractivity contribution in [2.75, 3.05) is 6.61 Å². The van der Waals surface area contributed by atoms with E-state index in [0.29, 0.717) is 5.02 Å². The molecule has 42 heavy (non-hydrogen) atoms. The van der Waals surface area contributed by atoms with E-state index in [1.165, 1.54) is 0 Å². The Bertz CT molecular complexity index is 1940. The number of aryl methyl sites for hydroxylation is 3. The number of ether oxygens (including phenoxy) is 1. The number of nitrogens with zero attached hydrogens (tertiary/aromatic N) is 3. The number of H-pyrrole nitrogens is 1. The maximum absolute atomic E-state index is 10.5. The van der Waals surface area contributed by atoms with Gasteiger partial charge < -0.3 is 9.84 Å². The third-order valence-corrected chi connectivity index (χ3v) is 8.68. The predicted octanol–water partition coefficient (Wildman–Crippen LogP) is 9.00. The molecule has 214 valence electrons. The van der Waals surface area contributed by atoms with Crippen LogP contribution in [0.5, 0.6) is 0 Å². The first-order valence-electron chi connectivity index (χ1n) is 13.9. The van der Waals surface area contributed by atoms with E-state index in [2.05, 4.69) is 54.4 Å². The van der Waals surface area contributed by atoms with Crippen molar-refractivity contribution in [2.24, 2.45) is 0 Å². The van der Waals surface area contributed by atoms with Crippen molar-refractivity contribution in [3.8, 4) is 33.0 Å². The number of nitrogens with one attached hydrogen (secondary N) is 1. The molecule has 3 heterocycles. The molecule has 8 heteroatoms. The van der Waals surface area contributed by atoms with Gasteiger partial charge in [0, 0.05) is 32.8 Å². The molecule has 0 amide bonds. The van der Waals surface area contributed by atoms with Crippen LogP contribution in [-0.4, -0.2) is 37.5 Å². The number of rotatable bonds is 6. The largest absolute Gasteiger partial charge is 0.393 e. The SMILES string of the molecule is Cc1cc(-c2nc3cc(C)c([C@@H](CO)OC(C)(C)C)c(-c4ccc(Cl)cc4)c3s2)cc(-c2cc(C)c3[nH]ncc3c2)n1. The van der Waals surface area contributed by atoms with Crippen molar-refractivity contribution in [3.63, 3.8) is 0 Å². The van der Waals surface area contributed by atoms with Gasteiger partial charge in [-0.15, -0.1) is 11.3 Å². The highest BCUT2D eigenvalue weighted by atomic mass is 35.5. The second-order valence-corrected chi connectivity index (χ2v) is 13.2. The van der Waals surface area contributed by atoms with Crippen molar-refractivity contribution < 1.29 is 9.84 Å². The van der Waals surface area contributed by atoms with Crippen LogP contribution in [0.1, 0.15) is 49.3 Å². The number of aromatic amines is 1. The smallest absolute Gasteiger partial charge is 0.124 e. The molecule has 0 fully saturated rings. The molecule has 1 atom stereocenters. The van der Waals surface area contributed by atoms with Gasteiger partial charge in [0.2, 0.25) is 0 Å². The van der Waals surface area contributed by atoms with Gasteiger partial charge in [-0.3, -0.25) is 10.1 Å². The minimum Gasteiger partial charge on any atom is -0.393 e. The maximum atomic E-state index is 10.5. The van der Waals surface area contributed by atoms with Gasteiger partial charge in [-0.25, -0.2) is 4.98 Å². The maximum Gasteiger partial charge on any atom is 0.124 e. The molecule has 0 bridgehead atoms. The van der Waals surface area contributed by atoms with Crippen molar-refractivity contribution in [1.82, 2.24) is 20.2 Å². The predicted molar refractivity (Wildman–Crippen MR) is 173 cm³/mol. The monoisotopic (exact) mass is 596 g/mol. The standard InChI is InChI=1S/C34H33ClN4O2S/c1-18-12-27-32(30(21-7-9-25(35)10-8-21)29(18)28(17-40)41-34(4,5)6)42-33(38-27)23-13-20(3)37-26(15-23)22-11-19(2)31-24(14-22)16-36-39-31/h7-16,28,40H,17H2,1-6H3,(H,36,39)/t28-/m1/s1. The molecular weight excluding hydrogens is 564 g/mol. The average Bonchev–Trinajstić information content (AvgIpc) is 3.58. The van der Waals surface area contributed by atoms with E-state index in [1.807, 2.05) is 58.2 Å². The number of aliphatic hydroxyl groups excluding tert-OH is 1. The molecule has 0 aliphatic carbocycles. The lowest BCUT2D eigenvalue weighted by molar-refractivity contribution is -0.0821. The molecule has 0 spiro atoms. The summed E-state index contributed by atoms with van der Waals surface area (Å²) in [5, 5.41) is 20.4. The lowest BCUT2D eigenvalue weighted by Crippen LogP contribution is -2.25. The number of aliphatic hydroxyl groups is 1. The van der Waals surface area contributed by atoms with E-state index in [-0.39, 0.29) is 6.61 Å². The van der Waals surface area contributed by atoms with Crippen LogP contribution in [0.15, 0.2) is 60.8 Å².